The van der Waals surface area contributed by atoms with E-state index in [1.54, 1.807) is 12.3 Å². The predicted molar refractivity (Wildman–Crippen MR) is 62.9 cm³/mol. The minimum absolute atomic E-state index is 0.218. The second kappa shape index (κ2) is 5.05. The van der Waals surface area contributed by atoms with Crippen molar-refractivity contribution in [1.82, 2.24) is 4.98 Å². The summed E-state index contributed by atoms with van der Waals surface area (Å²) in [4.78, 5) is 15.8. The lowest BCUT2D eigenvalue weighted by atomic mass is 10.1. The molecule has 2 aromatic heterocycles. The van der Waals surface area contributed by atoms with Gasteiger partial charge in [0.25, 0.3) is 0 Å². The fourth-order valence-electron chi connectivity index (χ4n) is 1.58. The third kappa shape index (κ3) is 2.88. The van der Waals surface area contributed by atoms with Crippen LogP contribution in [0.1, 0.15) is 20.8 Å². The van der Waals surface area contributed by atoms with Crippen molar-refractivity contribution in [2.75, 3.05) is 0 Å². The van der Waals surface area contributed by atoms with Crippen LogP contribution in [0.5, 0.6) is 0 Å². The van der Waals surface area contributed by atoms with Gasteiger partial charge in [0, 0.05) is 17.3 Å². The molecule has 0 fully saturated rings. The maximum Gasteiger partial charge on any atom is 0.336 e. The Morgan fingerprint density at radius 3 is 2.82 bits per heavy atom. The second-order valence-corrected chi connectivity index (χ2v) is 4.66. The number of carboxylic acid groups (broad SMARTS) is 1. The minimum Gasteiger partial charge on any atom is -0.478 e. The van der Waals surface area contributed by atoms with E-state index < -0.39 is 5.97 Å². The lowest BCUT2D eigenvalue weighted by Gasteiger charge is -2.03. The molecule has 5 heteroatoms. The van der Waals surface area contributed by atoms with Crippen molar-refractivity contribution in [3.8, 4) is 0 Å². The first kappa shape index (κ1) is 11.7. The Morgan fingerprint density at radius 1 is 1.35 bits per heavy atom. The quantitative estimate of drug-likeness (QED) is 0.909. The maximum absolute atomic E-state index is 12.8. The Hall–Kier alpha value is -1.75. The Morgan fingerprint density at radius 2 is 2.18 bits per heavy atom. The van der Waals surface area contributed by atoms with Gasteiger partial charge in [0.05, 0.1) is 5.56 Å². The monoisotopic (exact) mass is 251 g/mol. The molecule has 88 valence electrons. The van der Waals surface area contributed by atoms with Gasteiger partial charge in [-0.2, -0.15) is 4.39 Å². The van der Waals surface area contributed by atoms with Gasteiger partial charge in [-0.15, -0.1) is 11.3 Å². The highest BCUT2D eigenvalue weighted by Crippen LogP contribution is 2.17. The molecule has 2 rings (SSSR count). The lowest BCUT2D eigenvalue weighted by molar-refractivity contribution is 0.0695. The number of carboxylic acids is 1. The van der Waals surface area contributed by atoms with E-state index in [4.69, 9.17) is 5.11 Å². The molecule has 1 N–H and O–H groups in total. The molecule has 0 unspecified atom stereocenters. The average Bonchev–Trinajstić information content (AvgIpc) is 2.73. The molecule has 0 saturated heterocycles. The summed E-state index contributed by atoms with van der Waals surface area (Å²) in [5.74, 6) is -0.959. The lowest BCUT2D eigenvalue weighted by Crippen LogP contribution is -2.03. The smallest absolute Gasteiger partial charge is 0.336 e. The summed E-state index contributed by atoms with van der Waals surface area (Å²) in [7, 11) is 0. The fourth-order valence-corrected chi connectivity index (χ4v) is 2.31. The van der Waals surface area contributed by atoms with Gasteiger partial charge < -0.3 is 5.11 Å². The Bertz CT molecular complexity index is 539. The van der Waals surface area contributed by atoms with E-state index in [1.165, 1.54) is 18.3 Å². The minimum atomic E-state index is -0.959. The molecular weight excluding hydrogens is 241 g/mol. The number of halogens is 1. The van der Waals surface area contributed by atoms with Crippen LogP contribution in [0.2, 0.25) is 0 Å². The number of rotatable bonds is 4. The summed E-state index contributed by atoms with van der Waals surface area (Å²) < 4.78 is 12.8. The molecule has 2 heterocycles. The zero-order valence-electron chi connectivity index (χ0n) is 8.89. The topological polar surface area (TPSA) is 50.2 Å². The van der Waals surface area contributed by atoms with E-state index in [0.29, 0.717) is 18.4 Å². The van der Waals surface area contributed by atoms with E-state index in [-0.39, 0.29) is 10.7 Å². The molecule has 0 aliphatic carbocycles. The molecule has 0 bridgehead atoms. The highest BCUT2D eigenvalue weighted by atomic mass is 32.1. The van der Waals surface area contributed by atoms with Gasteiger partial charge >= 0.3 is 5.97 Å². The third-order valence-electron chi connectivity index (χ3n) is 2.40. The summed E-state index contributed by atoms with van der Waals surface area (Å²) in [5, 5.41) is 8.76. The summed E-state index contributed by atoms with van der Waals surface area (Å²) in [5.41, 5.74) is 0.936. The number of carbonyl (C=O) groups is 1. The molecule has 2 aromatic rings. The fraction of sp³-hybridized carbons (Fsp3) is 0.167. The zero-order valence-corrected chi connectivity index (χ0v) is 9.71. The summed E-state index contributed by atoms with van der Waals surface area (Å²) in [6.07, 6.45) is 4.18. The van der Waals surface area contributed by atoms with Gasteiger partial charge in [-0.1, -0.05) is 0 Å². The number of thiophene rings is 1. The number of aryl methyl sites for hydroxylation is 2. The zero-order chi connectivity index (χ0) is 12.3. The highest BCUT2D eigenvalue weighted by molar-refractivity contribution is 7.10. The van der Waals surface area contributed by atoms with Crippen molar-refractivity contribution in [3.63, 3.8) is 0 Å². The van der Waals surface area contributed by atoms with E-state index in [0.717, 1.165) is 16.2 Å². The average molecular weight is 251 g/mol. The summed E-state index contributed by atoms with van der Waals surface area (Å²) in [6.45, 7) is 0. The molecule has 0 aromatic carbocycles. The van der Waals surface area contributed by atoms with Crippen LogP contribution in [0.25, 0.3) is 0 Å². The molecule has 0 aliphatic heterocycles. The maximum atomic E-state index is 12.8. The first-order valence-corrected chi connectivity index (χ1v) is 5.89. The van der Waals surface area contributed by atoms with E-state index in [1.807, 2.05) is 0 Å². The van der Waals surface area contributed by atoms with Crippen LogP contribution in [0, 0.1) is 5.13 Å². The SMILES string of the molecule is O=C(O)c1ccncc1CCc1ccc(F)s1. The molecule has 0 spiro atoms. The normalized spacial score (nSPS) is 10.4. The molecular formula is C12H10FNO2S. The van der Waals surface area contributed by atoms with Gasteiger partial charge in [0.1, 0.15) is 0 Å². The van der Waals surface area contributed by atoms with E-state index in [2.05, 4.69) is 4.98 Å². The number of nitrogens with zero attached hydrogens (tertiary/aromatic N) is 1. The van der Waals surface area contributed by atoms with E-state index in [9.17, 15) is 9.18 Å². The van der Waals surface area contributed by atoms with Crippen molar-refractivity contribution >= 4 is 17.3 Å². The first-order chi connectivity index (χ1) is 8.16. The van der Waals surface area contributed by atoms with Gasteiger partial charge in [0.2, 0.25) is 0 Å². The number of hydrogen-bond donors (Lipinski definition) is 1. The van der Waals surface area contributed by atoms with Gasteiger partial charge in [0.15, 0.2) is 5.13 Å². The van der Waals surface area contributed by atoms with Crippen molar-refractivity contribution in [2.24, 2.45) is 0 Å². The van der Waals surface area contributed by atoms with Crippen LogP contribution in [-0.2, 0) is 12.8 Å². The van der Waals surface area contributed by atoms with Crippen LogP contribution in [0.4, 0.5) is 4.39 Å². The molecule has 0 aliphatic rings. The molecule has 17 heavy (non-hydrogen) atoms. The Labute approximate surface area is 102 Å². The van der Waals surface area contributed by atoms with Crippen molar-refractivity contribution < 1.29 is 14.3 Å². The number of pyridine rings is 1. The predicted octanol–water partition coefficient (Wildman–Crippen LogP) is 2.77. The van der Waals surface area contributed by atoms with Gasteiger partial charge in [-0.3, -0.25) is 4.98 Å². The van der Waals surface area contributed by atoms with Crippen molar-refractivity contribution in [3.05, 3.63) is 51.7 Å². The van der Waals surface area contributed by atoms with Crippen molar-refractivity contribution in [1.29, 1.82) is 0 Å². The largest absolute Gasteiger partial charge is 0.478 e. The number of aromatic nitrogens is 1. The van der Waals surface area contributed by atoms with Crippen LogP contribution in [-0.4, -0.2) is 16.1 Å². The first-order valence-electron chi connectivity index (χ1n) is 5.07. The standard InChI is InChI=1S/C12H10FNO2S/c13-11-4-3-9(17-11)2-1-8-7-14-6-5-10(8)12(15)16/h3-7H,1-2H2,(H,15,16). The molecule has 0 atom stereocenters. The summed E-state index contributed by atoms with van der Waals surface area (Å²) in [6, 6.07) is 4.62. The molecule has 0 amide bonds. The molecule has 0 radical (unpaired) electrons. The van der Waals surface area contributed by atoms with Crippen LogP contribution in [0.15, 0.2) is 30.6 Å². The second-order valence-electron chi connectivity index (χ2n) is 3.54. The van der Waals surface area contributed by atoms with Gasteiger partial charge in [-0.25, -0.2) is 4.79 Å². The third-order valence-corrected chi connectivity index (χ3v) is 3.34. The molecule has 3 nitrogen and oxygen atoms in total. The Balaban J connectivity index is 2.11. The van der Waals surface area contributed by atoms with Crippen LogP contribution in [0.3, 0.4) is 0 Å². The molecule has 0 saturated carbocycles. The number of aromatic carboxylic acids is 1. The van der Waals surface area contributed by atoms with Crippen molar-refractivity contribution in [2.45, 2.75) is 12.8 Å². The summed E-state index contributed by atoms with van der Waals surface area (Å²) >= 11 is 1.09. The Kier molecular flexibility index (Phi) is 3.49. The van der Waals surface area contributed by atoms with E-state index >= 15 is 0 Å². The number of hydrogen-bond acceptors (Lipinski definition) is 3. The van der Waals surface area contributed by atoms with Gasteiger partial charge in [-0.05, 0) is 36.6 Å². The van der Waals surface area contributed by atoms with Crippen LogP contribution < -0.4 is 0 Å². The highest BCUT2D eigenvalue weighted by Gasteiger charge is 2.10. The van der Waals surface area contributed by atoms with Crippen LogP contribution >= 0.6 is 11.3 Å².